The molecular weight excluding hydrogens is 328 g/mol. The van der Waals surface area contributed by atoms with Gasteiger partial charge in [0.05, 0.1) is 0 Å². The smallest absolute Gasteiger partial charge is 0.100 e. The maximum atomic E-state index is 4.09. The van der Waals surface area contributed by atoms with Crippen LogP contribution in [0, 0.1) is 6.92 Å². The maximum Gasteiger partial charge on any atom is 0.100 e. The summed E-state index contributed by atoms with van der Waals surface area (Å²) < 4.78 is 0. The highest BCUT2D eigenvalue weighted by Crippen LogP contribution is 2.19. The molecule has 1 aromatic carbocycles. The van der Waals surface area contributed by atoms with E-state index in [9.17, 15) is 0 Å². The average molecular weight is 365 g/mol. The predicted molar refractivity (Wildman–Crippen MR) is 122 cm³/mol. The van der Waals surface area contributed by atoms with Crippen molar-refractivity contribution >= 4 is 5.69 Å². The lowest BCUT2D eigenvalue weighted by Crippen LogP contribution is -2.18. The van der Waals surface area contributed by atoms with Gasteiger partial charge in [-0.15, -0.1) is 0 Å². The summed E-state index contributed by atoms with van der Waals surface area (Å²) in [7, 11) is 0. The van der Waals surface area contributed by atoms with Crippen LogP contribution < -0.4 is 10.6 Å². The third-order valence-electron chi connectivity index (χ3n) is 4.40. The molecule has 0 aliphatic rings. The zero-order valence-electron chi connectivity index (χ0n) is 17.6. The van der Waals surface area contributed by atoms with E-state index in [0.29, 0.717) is 5.82 Å². The van der Waals surface area contributed by atoms with Crippen LogP contribution in [-0.4, -0.2) is 0 Å². The van der Waals surface area contributed by atoms with Gasteiger partial charge < -0.3 is 10.6 Å². The summed E-state index contributed by atoms with van der Waals surface area (Å²) in [5.74, 6) is 0.694. The van der Waals surface area contributed by atoms with E-state index in [-0.39, 0.29) is 0 Å². The minimum absolute atomic E-state index is 0.694. The minimum Gasteiger partial charge on any atom is -0.342 e. The number of rotatable bonds is 12. The molecule has 2 heteroatoms. The predicted octanol–water partition coefficient (Wildman–Crippen LogP) is 7.18. The fraction of sp³-hybridized carbons (Fsp3) is 0.360. The lowest BCUT2D eigenvalue weighted by molar-refractivity contribution is 0.666. The van der Waals surface area contributed by atoms with Gasteiger partial charge in [0.15, 0.2) is 0 Å². The number of benzene rings is 1. The summed E-state index contributed by atoms with van der Waals surface area (Å²) >= 11 is 0. The largest absolute Gasteiger partial charge is 0.342 e. The highest BCUT2D eigenvalue weighted by atomic mass is 15.1. The fourth-order valence-electron chi connectivity index (χ4n) is 2.80. The van der Waals surface area contributed by atoms with Gasteiger partial charge in [0, 0.05) is 11.4 Å². The number of anilines is 1. The van der Waals surface area contributed by atoms with Gasteiger partial charge in [0.1, 0.15) is 5.82 Å². The number of hydrogen-bond acceptors (Lipinski definition) is 2. The Bertz CT molecular complexity index is 716. The van der Waals surface area contributed by atoms with Gasteiger partial charge in [-0.2, -0.15) is 0 Å². The third kappa shape index (κ3) is 8.63. The Labute approximate surface area is 166 Å². The van der Waals surface area contributed by atoms with Crippen molar-refractivity contribution in [3.05, 3.63) is 90.0 Å². The monoisotopic (exact) mass is 364 g/mol. The number of aryl methyl sites for hydroxylation is 2. The van der Waals surface area contributed by atoms with Gasteiger partial charge >= 0.3 is 0 Å². The molecule has 0 aromatic heterocycles. The van der Waals surface area contributed by atoms with Crippen LogP contribution in [0.25, 0.3) is 0 Å². The first kappa shape index (κ1) is 22.6. The van der Waals surface area contributed by atoms with Crippen molar-refractivity contribution in [1.29, 1.82) is 0 Å². The highest BCUT2D eigenvalue weighted by molar-refractivity contribution is 5.52. The van der Waals surface area contributed by atoms with E-state index < -0.39 is 0 Å². The number of hydrogen-bond donors (Lipinski definition) is 2. The minimum atomic E-state index is 0.694. The zero-order chi connectivity index (χ0) is 20.2. The molecule has 0 unspecified atom stereocenters. The van der Waals surface area contributed by atoms with Gasteiger partial charge in [0.2, 0.25) is 0 Å². The fourth-order valence-corrected chi connectivity index (χ4v) is 2.80. The summed E-state index contributed by atoms with van der Waals surface area (Å²) in [5.41, 5.74) is 6.71. The van der Waals surface area contributed by atoms with Gasteiger partial charge in [-0.05, 0) is 62.4 Å². The molecule has 0 bridgehead atoms. The SMILES string of the molecule is C=C/C(=C\C=C(C)C)C(=C)NC(=C)Nc1ccc(CCCCCC)c(C)c1. The van der Waals surface area contributed by atoms with Crippen LogP contribution in [0.1, 0.15) is 57.6 Å². The second kappa shape index (κ2) is 12.0. The Balaban J connectivity index is 2.65. The van der Waals surface area contributed by atoms with Crippen LogP contribution in [0.2, 0.25) is 0 Å². The lowest BCUT2D eigenvalue weighted by atomic mass is 10.0. The lowest BCUT2D eigenvalue weighted by Gasteiger charge is -2.16. The topological polar surface area (TPSA) is 24.1 Å². The molecule has 1 rings (SSSR count). The molecule has 27 heavy (non-hydrogen) atoms. The molecule has 0 fully saturated rings. The molecule has 146 valence electrons. The Morgan fingerprint density at radius 1 is 1.07 bits per heavy atom. The van der Waals surface area contributed by atoms with E-state index in [0.717, 1.165) is 23.4 Å². The van der Waals surface area contributed by atoms with E-state index in [1.54, 1.807) is 6.08 Å². The second-order valence-electron chi connectivity index (χ2n) is 7.23. The van der Waals surface area contributed by atoms with Gasteiger partial charge in [-0.25, -0.2) is 0 Å². The van der Waals surface area contributed by atoms with E-state index in [1.165, 1.54) is 42.4 Å². The van der Waals surface area contributed by atoms with Crippen LogP contribution >= 0.6 is 0 Å². The molecule has 2 N–H and O–H groups in total. The van der Waals surface area contributed by atoms with Crippen molar-refractivity contribution in [2.45, 2.75) is 59.8 Å². The third-order valence-corrected chi connectivity index (χ3v) is 4.40. The first-order valence-corrected chi connectivity index (χ1v) is 9.86. The molecule has 0 aliphatic carbocycles. The Morgan fingerprint density at radius 3 is 2.41 bits per heavy atom. The number of unbranched alkanes of at least 4 members (excludes halogenated alkanes) is 3. The molecule has 1 aromatic rings. The second-order valence-corrected chi connectivity index (χ2v) is 7.23. The molecule has 2 nitrogen and oxygen atoms in total. The molecule has 0 saturated carbocycles. The molecule has 0 amide bonds. The Morgan fingerprint density at radius 2 is 1.81 bits per heavy atom. The number of allylic oxidation sites excluding steroid dienone is 4. The molecular formula is C25H36N2. The normalized spacial score (nSPS) is 10.9. The Kier molecular flexibility index (Phi) is 10.0. The molecule has 0 atom stereocenters. The van der Waals surface area contributed by atoms with E-state index in [1.807, 2.05) is 12.2 Å². The summed E-state index contributed by atoms with van der Waals surface area (Å²) in [6.07, 6.45) is 12.2. The van der Waals surface area contributed by atoms with Crippen molar-refractivity contribution in [1.82, 2.24) is 5.32 Å². The summed E-state index contributed by atoms with van der Waals surface area (Å²) in [6.45, 7) is 20.5. The van der Waals surface area contributed by atoms with Crippen molar-refractivity contribution in [3.8, 4) is 0 Å². The van der Waals surface area contributed by atoms with Gasteiger partial charge in [0.25, 0.3) is 0 Å². The van der Waals surface area contributed by atoms with Crippen molar-refractivity contribution < 1.29 is 0 Å². The Hall–Kier alpha value is -2.48. The molecule has 0 heterocycles. The quantitative estimate of drug-likeness (QED) is 0.303. The van der Waals surface area contributed by atoms with Crippen LogP contribution in [0.15, 0.2) is 78.8 Å². The van der Waals surface area contributed by atoms with Crippen LogP contribution in [0.5, 0.6) is 0 Å². The maximum absolute atomic E-state index is 4.09. The number of nitrogens with one attached hydrogen (secondary N) is 2. The highest BCUT2D eigenvalue weighted by Gasteiger charge is 2.04. The van der Waals surface area contributed by atoms with E-state index in [4.69, 9.17) is 0 Å². The first-order valence-electron chi connectivity index (χ1n) is 9.86. The van der Waals surface area contributed by atoms with Crippen LogP contribution in [0.4, 0.5) is 5.69 Å². The average Bonchev–Trinajstić information content (AvgIpc) is 2.60. The van der Waals surface area contributed by atoms with Crippen LogP contribution in [0.3, 0.4) is 0 Å². The van der Waals surface area contributed by atoms with Crippen molar-refractivity contribution in [2.75, 3.05) is 5.32 Å². The van der Waals surface area contributed by atoms with Gasteiger partial charge in [-0.3, -0.25) is 0 Å². The molecule has 0 radical (unpaired) electrons. The van der Waals surface area contributed by atoms with E-state index >= 15 is 0 Å². The summed E-state index contributed by atoms with van der Waals surface area (Å²) in [5, 5.41) is 6.53. The molecule has 0 spiro atoms. The summed E-state index contributed by atoms with van der Waals surface area (Å²) in [6, 6.07) is 6.51. The first-order chi connectivity index (χ1) is 12.9. The van der Waals surface area contributed by atoms with Crippen LogP contribution in [-0.2, 0) is 6.42 Å². The van der Waals surface area contributed by atoms with Gasteiger partial charge in [-0.1, -0.05) is 75.8 Å². The summed E-state index contributed by atoms with van der Waals surface area (Å²) in [4.78, 5) is 0. The zero-order valence-corrected chi connectivity index (χ0v) is 17.6. The molecule has 0 saturated heterocycles. The van der Waals surface area contributed by atoms with Crippen molar-refractivity contribution in [2.24, 2.45) is 0 Å². The van der Waals surface area contributed by atoms with E-state index in [2.05, 4.69) is 76.3 Å². The standard InChI is InChI=1S/C25H36N2/c1-8-10-11-12-13-24-16-17-25(18-20(24)5)27-22(7)26-21(6)23(9-2)15-14-19(3)4/h9,14-18,26-27H,2,6-8,10-13H2,1,3-5H3/b23-15+. The molecule has 0 aliphatic heterocycles. The van der Waals surface area contributed by atoms with Crippen molar-refractivity contribution in [3.63, 3.8) is 0 Å².